The fraction of sp³-hybridized carbons (Fsp3) is 0.368. The molecule has 212 valence electrons. The number of allylic oxidation sites excluding steroid dienone is 7. The molecule has 8 rings (SSSR count). The Hall–Kier alpha value is -4.10. The monoisotopic (exact) mass is 552 g/mol. The summed E-state index contributed by atoms with van der Waals surface area (Å²) in [6.45, 7) is 0. The summed E-state index contributed by atoms with van der Waals surface area (Å²) in [5, 5.41) is 0. The number of hydrogen-bond acceptors (Lipinski definition) is 4. The van der Waals surface area contributed by atoms with E-state index in [0.717, 1.165) is 18.5 Å². The molecule has 0 aromatic heterocycles. The second kappa shape index (κ2) is 11.0. The largest absolute Gasteiger partial charge is 0.323 e. The number of nitrogens with zero attached hydrogens (tertiary/aromatic N) is 4. The minimum atomic E-state index is 0.399. The minimum Gasteiger partial charge on any atom is -0.323 e. The first-order valence-electron chi connectivity index (χ1n) is 16.2. The van der Waals surface area contributed by atoms with Crippen molar-refractivity contribution in [3.8, 4) is 0 Å². The maximum atomic E-state index is 3.56. The molecule has 2 saturated heterocycles. The Morgan fingerprint density at radius 1 is 0.595 bits per heavy atom. The number of benzene rings is 2. The second-order valence-corrected chi connectivity index (χ2v) is 12.4. The molecule has 4 fully saturated rings. The molecule has 4 aliphatic carbocycles. The molecule has 4 atom stereocenters. The van der Waals surface area contributed by atoms with Crippen molar-refractivity contribution in [3.63, 3.8) is 0 Å². The standard InChI is InChI=1S/C38H40N4/c1-5-17-29(18-6-1)39-33-25-13-14-26-34(33)40(30-19-7-2-8-20-30)37(39)38-41(31-21-9-3-10-22-31)35-27-15-16-28-36(35)42(38)32-23-11-4-12-24-32/h1-7,9-11,17-19,21-23,33-36H,8,13-16,20,25-28H2/b38-37-. The van der Waals surface area contributed by atoms with E-state index in [4.69, 9.17) is 0 Å². The van der Waals surface area contributed by atoms with Crippen molar-refractivity contribution in [3.05, 3.63) is 132 Å². The predicted octanol–water partition coefficient (Wildman–Crippen LogP) is 8.38. The van der Waals surface area contributed by atoms with E-state index in [-0.39, 0.29) is 0 Å². The van der Waals surface area contributed by atoms with Gasteiger partial charge in [0, 0.05) is 17.1 Å². The molecule has 0 bridgehead atoms. The summed E-state index contributed by atoms with van der Waals surface area (Å²) in [5.74, 6) is 2.68. The third kappa shape index (κ3) is 4.21. The lowest BCUT2D eigenvalue weighted by molar-refractivity contribution is 0.255. The first kappa shape index (κ1) is 25.6. The maximum Gasteiger partial charge on any atom is 0.157 e. The first-order valence-corrected chi connectivity index (χ1v) is 16.2. The van der Waals surface area contributed by atoms with E-state index in [2.05, 4.69) is 122 Å². The molecule has 0 N–H and O–H groups in total. The number of fused-ring (bicyclic) bond motifs is 2. The van der Waals surface area contributed by atoms with Crippen LogP contribution in [0.4, 0.5) is 11.4 Å². The van der Waals surface area contributed by atoms with Gasteiger partial charge >= 0.3 is 0 Å². The van der Waals surface area contributed by atoms with Crippen molar-refractivity contribution in [2.45, 2.75) is 88.4 Å². The van der Waals surface area contributed by atoms with Gasteiger partial charge in [0.1, 0.15) is 0 Å². The van der Waals surface area contributed by atoms with Crippen LogP contribution < -0.4 is 9.80 Å². The second-order valence-electron chi connectivity index (χ2n) is 12.4. The Bertz CT molecular complexity index is 1550. The smallest absolute Gasteiger partial charge is 0.157 e. The lowest BCUT2D eigenvalue weighted by Crippen LogP contribution is -2.39. The van der Waals surface area contributed by atoms with Crippen molar-refractivity contribution >= 4 is 11.4 Å². The van der Waals surface area contributed by atoms with Crippen molar-refractivity contribution < 1.29 is 0 Å². The number of hydrogen-bond donors (Lipinski definition) is 0. The molecule has 4 nitrogen and oxygen atoms in total. The lowest BCUT2D eigenvalue weighted by atomic mass is 9.89. The third-order valence-electron chi connectivity index (χ3n) is 10.1. The van der Waals surface area contributed by atoms with E-state index < -0.39 is 0 Å². The molecule has 2 aromatic carbocycles. The normalized spacial score (nSPS) is 30.0. The lowest BCUT2D eigenvalue weighted by Gasteiger charge is -2.37. The van der Waals surface area contributed by atoms with Gasteiger partial charge in [-0.05, 0) is 86.7 Å². The summed E-state index contributed by atoms with van der Waals surface area (Å²) >= 11 is 0. The molecule has 4 heteroatoms. The van der Waals surface area contributed by atoms with Crippen molar-refractivity contribution in [2.75, 3.05) is 9.80 Å². The molecule has 2 aliphatic heterocycles. The van der Waals surface area contributed by atoms with Crippen molar-refractivity contribution in [1.29, 1.82) is 0 Å². The SMILES string of the molecule is C1=C=C(N2/C(=C3\N(C4=CC=CCC4)C4CCCCC4N3c3ccccc3)N(c3ccccc3)C3CCCCC32)C=CC=1. The van der Waals surface area contributed by atoms with E-state index >= 15 is 0 Å². The van der Waals surface area contributed by atoms with E-state index in [0.29, 0.717) is 24.2 Å². The van der Waals surface area contributed by atoms with Gasteiger partial charge in [0.25, 0.3) is 0 Å². The highest BCUT2D eigenvalue weighted by Crippen LogP contribution is 2.51. The van der Waals surface area contributed by atoms with Crippen LogP contribution in [-0.4, -0.2) is 34.0 Å². The van der Waals surface area contributed by atoms with E-state index in [9.17, 15) is 0 Å². The molecular formula is C38H40N4. The molecule has 2 aromatic rings. The van der Waals surface area contributed by atoms with Crippen LogP contribution in [0.1, 0.15) is 64.2 Å². The highest BCUT2D eigenvalue weighted by molar-refractivity contribution is 5.64. The Labute approximate surface area is 250 Å². The van der Waals surface area contributed by atoms with Crippen molar-refractivity contribution in [2.24, 2.45) is 0 Å². The minimum absolute atomic E-state index is 0.399. The number of anilines is 2. The van der Waals surface area contributed by atoms with Gasteiger partial charge in [0.15, 0.2) is 11.6 Å². The molecule has 2 heterocycles. The van der Waals surface area contributed by atoms with Crippen LogP contribution >= 0.6 is 0 Å². The topological polar surface area (TPSA) is 13.0 Å². The van der Waals surface area contributed by atoms with E-state index in [1.165, 1.54) is 80.1 Å². The molecule has 0 radical (unpaired) electrons. The van der Waals surface area contributed by atoms with E-state index in [1.54, 1.807) is 0 Å². The summed E-state index contributed by atoms with van der Waals surface area (Å²) in [6, 6.07) is 24.1. The number of rotatable bonds is 4. The zero-order valence-corrected chi connectivity index (χ0v) is 24.4. The van der Waals surface area contributed by atoms with Crippen LogP contribution in [0.25, 0.3) is 0 Å². The molecular weight excluding hydrogens is 512 g/mol. The van der Waals surface area contributed by atoms with E-state index in [1.807, 2.05) is 6.08 Å². The first-order chi connectivity index (χ1) is 20.9. The molecule has 4 unspecified atom stereocenters. The van der Waals surface area contributed by atoms with Crippen LogP contribution in [-0.2, 0) is 0 Å². The van der Waals surface area contributed by atoms with Gasteiger partial charge in [-0.1, -0.05) is 86.0 Å². The van der Waals surface area contributed by atoms with Crippen molar-refractivity contribution in [1.82, 2.24) is 9.80 Å². The van der Waals surface area contributed by atoms with Gasteiger partial charge in [-0.3, -0.25) is 0 Å². The highest BCUT2D eigenvalue weighted by Gasteiger charge is 2.54. The maximum absolute atomic E-state index is 3.56. The highest BCUT2D eigenvalue weighted by atomic mass is 15.5. The Morgan fingerprint density at radius 2 is 1.14 bits per heavy atom. The predicted molar refractivity (Wildman–Crippen MR) is 171 cm³/mol. The summed E-state index contributed by atoms with van der Waals surface area (Å²) in [5.41, 5.74) is 12.1. The molecule has 2 saturated carbocycles. The van der Waals surface area contributed by atoms with Gasteiger partial charge < -0.3 is 19.6 Å². The molecule has 42 heavy (non-hydrogen) atoms. The quantitative estimate of drug-likeness (QED) is 0.353. The molecule has 0 amide bonds. The molecule has 0 spiro atoms. The van der Waals surface area contributed by atoms with Crippen LogP contribution in [0.3, 0.4) is 0 Å². The average molecular weight is 553 g/mol. The van der Waals surface area contributed by atoms with Gasteiger partial charge in [-0.2, -0.15) is 0 Å². The fourth-order valence-corrected chi connectivity index (χ4v) is 8.40. The zero-order chi connectivity index (χ0) is 27.9. The van der Waals surface area contributed by atoms with Gasteiger partial charge in [0.05, 0.1) is 29.9 Å². The zero-order valence-electron chi connectivity index (χ0n) is 24.4. The Kier molecular flexibility index (Phi) is 6.67. The van der Waals surface area contributed by atoms with Crippen LogP contribution in [0.2, 0.25) is 0 Å². The summed E-state index contributed by atoms with van der Waals surface area (Å²) in [7, 11) is 0. The Morgan fingerprint density at radius 3 is 1.67 bits per heavy atom. The molecule has 6 aliphatic rings. The van der Waals surface area contributed by atoms with Gasteiger partial charge in [-0.25, -0.2) is 0 Å². The Balaban J connectivity index is 1.45. The summed E-state index contributed by atoms with van der Waals surface area (Å²) < 4.78 is 0. The van der Waals surface area contributed by atoms with Gasteiger partial charge in [0.2, 0.25) is 0 Å². The summed E-state index contributed by atoms with van der Waals surface area (Å²) in [4.78, 5) is 10.9. The third-order valence-corrected chi connectivity index (χ3v) is 10.1. The fourth-order valence-electron chi connectivity index (χ4n) is 8.40. The van der Waals surface area contributed by atoms with Crippen LogP contribution in [0.5, 0.6) is 0 Å². The summed E-state index contributed by atoms with van der Waals surface area (Å²) in [6.07, 6.45) is 25.5. The van der Waals surface area contributed by atoms with Crippen LogP contribution in [0.15, 0.2) is 132 Å². The number of para-hydroxylation sites is 2. The van der Waals surface area contributed by atoms with Crippen LogP contribution in [0, 0.1) is 0 Å². The van der Waals surface area contributed by atoms with Gasteiger partial charge in [-0.15, -0.1) is 0 Å². The average Bonchev–Trinajstić information content (AvgIpc) is 3.59.